The van der Waals surface area contributed by atoms with Crippen LogP contribution >= 0.6 is 0 Å². The van der Waals surface area contributed by atoms with Gasteiger partial charge in [-0.05, 0) is 18.9 Å². The summed E-state index contributed by atoms with van der Waals surface area (Å²) in [6, 6.07) is 0.162. The van der Waals surface area contributed by atoms with Crippen LogP contribution in [-0.2, 0) is 4.79 Å². The lowest BCUT2D eigenvalue weighted by atomic mass is 9.91. The van der Waals surface area contributed by atoms with Crippen LogP contribution in [0.25, 0.3) is 0 Å². The van der Waals surface area contributed by atoms with Gasteiger partial charge in [-0.1, -0.05) is 13.8 Å². The highest BCUT2D eigenvalue weighted by Gasteiger charge is 2.34. The maximum Gasteiger partial charge on any atom is 0.137 e. The summed E-state index contributed by atoms with van der Waals surface area (Å²) in [5, 5.41) is 0. The molecule has 1 heterocycles. The molecule has 0 unspecified atom stereocenters. The van der Waals surface area contributed by atoms with Gasteiger partial charge in [-0.3, -0.25) is 4.90 Å². The first-order chi connectivity index (χ1) is 4.55. The van der Waals surface area contributed by atoms with E-state index in [-0.39, 0.29) is 6.04 Å². The van der Waals surface area contributed by atoms with Crippen molar-refractivity contribution in [2.45, 2.75) is 26.3 Å². The van der Waals surface area contributed by atoms with Gasteiger partial charge in [-0.15, -0.1) is 0 Å². The lowest BCUT2D eigenvalue weighted by Gasteiger charge is -2.15. The van der Waals surface area contributed by atoms with E-state index >= 15 is 0 Å². The van der Waals surface area contributed by atoms with Crippen molar-refractivity contribution in [3.63, 3.8) is 0 Å². The van der Waals surface area contributed by atoms with Gasteiger partial charge in [0.25, 0.3) is 0 Å². The third kappa shape index (κ3) is 1.37. The van der Waals surface area contributed by atoms with E-state index in [4.69, 9.17) is 0 Å². The number of rotatable bonds is 1. The number of carbonyl (C=O) groups is 1. The van der Waals surface area contributed by atoms with E-state index in [0.29, 0.717) is 5.41 Å². The van der Waals surface area contributed by atoms with E-state index in [1.165, 1.54) is 0 Å². The molecule has 0 bridgehead atoms. The summed E-state index contributed by atoms with van der Waals surface area (Å²) < 4.78 is 0. The minimum Gasteiger partial charge on any atom is -0.302 e. The first kappa shape index (κ1) is 7.73. The summed E-state index contributed by atoms with van der Waals surface area (Å²) in [4.78, 5) is 12.6. The standard InChI is InChI=1S/C8H15NO/c1-8(2)4-7(5-10)9(3)6-8/h5,7H,4,6H2,1-3H3/t7-/m0/s1. The molecule has 0 spiro atoms. The van der Waals surface area contributed by atoms with Crippen molar-refractivity contribution < 1.29 is 4.79 Å². The highest BCUT2D eigenvalue weighted by Crippen LogP contribution is 2.31. The fourth-order valence-electron chi connectivity index (χ4n) is 1.73. The number of aldehydes is 1. The maximum atomic E-state index is 10.5. The van der Waals surface area contributed by atoms with Crippen LogP contribution in [0.5, 0.6) is 0 Å². The molecule has 0 aromatic carbocycles. The third-order valence-corrected chi connectivity index (χ3v) is 2.16. The summed E-state index contributed by atoms with van der Waals surface area (Å²) in [7, 11) is 2.01. The van der Waals surface area contributed by atoms with Gasteiger partial charge in [0.1, 0.15) is 6.29 Å². The Kier molecular flexibility index (Phi) is 1.82. The molecule has 10 heavy (non-hydrogen) atoms. The van der Waals surface area contributed by atoms with Crippen LogP contribution in [0.3, 0.4) is 0 Å². The molecule has 0 saturated carbocycles. The second-order valence-corrected chi connectivity index (χ2v) is 3.99. The average Bonchev–Trinajstić information content (AvgIpc) is 2.05. The molecule has 0 N–H and O–H groups in total. The Morgan fingerprint density at radius 3 is 2.40 bits per heavy atom. The topological polar surface area (TPSA) is 20.3 Å². The molecule has 1 atom stereocenters. The summed E-state index contributed by atoms with van der Waals surface area (Å²) in [6.07, 6.45) is 2.06. The van der Waals surface area contributed by atoms with Gasteiger partial charge in [0.15, 0.2) is 0 Å². The van der Waals surface area contributed by atoms with Crippen LogP contribution in [0.15, 0.2) is 0 Å². The minimum absolute atomic E-state index is 0.162. The van der Waals surface area contributed by atoms with Gasteiger partial charge in [0.2, 0.25) is 0 Å². The highest BCUT2D eigenvalue weighted by molar-refractivity contribution is 5.58. The van der Waals surface area contributed by atoms with E-state index in [0.717, 1.165) is 19.3 Å². The molecule has 0 aromatic rings. The molecule has 1 fully saturated rings. The van der Waals surface area contributed by atoms with E-state index in [9.17, 15) is 4.79 Å². The van der Waals surface area contributed by atoms with Crippen molar-refractivity contribution >= 4 is 6.29 Å². The second-order valence-electron chi connectivity index (χ2n) is 3.99. The number of hydrogen-bond donors (Lipinski definition) is 0. The summed E-state index contributed by atoms with van der Waals surface area (Å²) in [5.41, 5.74) is 0.334. The molecule has 2 heteroatoms. The summed E-state index contributed by atoms with van der Waals surface area (Å²) in [5.74, 6) is 0. The number of hydrogen-bond acceptors (Lipinski definition) is 2. The van der Waals surface area contributed by atoms with Crippen molar-refractivity contribution in [2.75, 3.05) is 13.6 Å². The van der Waals surface area contributed by atoms with E-state index in [1.54, 1.807) is 0 Å². The van der Waals surface area contributed by atoms with Gasteiger partial charge in [-0.25, -0.2) is 0 Å². The van der Waals surface area contributed by atoms with Crippen LogP contribution in [-0.4, -0.2) is 30.8 Å². The predicted octanol–water partition coefficient (Wildman–Crippen LogP) is 0.916. The molecule has 1 saturated heterocycles. The van der Waals surface area contributed by atoms with Crippen molar-refractivity contribution in [3.8, 4) is 0 Å². The van der Waals surface area contributed by atoms with E-state index in [2.05, 4.69) is 18.7 Å². The SMILES string of the molecule is CN1CC(C)(C)C[C@H]1C=O. The normalized spacial score (nSPS) is 32.5. The molecule has 0 aromatic heterocycles. The number of nitrogens with zero attached hydrogens (tertiary/aromatic N) is 1. The van der Waals surface area contributed by atoms with Gasteiger partial charge in [0.05, 0.1) is 6.04 Å². The second kappa shape index (κ2) is 2.35. The van der Waals surface area contributed by atoms with Gasteiger partial charge >= 0.3 is 0 Å². The fourth-order valence-corrected chi connectivity index (χ4v) is 1.73. The zero-order chi connectivity index (χ0) is 7.78. The summed E-state index contributed by atoms with van der Waals surface area (Å²) >= 11 is 0. The molecule has 1 aliphatic heterocycles. The Morgan fingerprint density at radius 1 is 1.60 bits per heavy atom. The van der Waals surface area contributed by atoms with Crippen molar-refractivity contribution in [1.82, 2.24) is 4.90 Å². The molecular formula is C8H15NO. The number of likely N-dealkylation sites (N-methyl/N-ethyl adjacent to an activating group) is 1. The summed E-state index contributed by atoms with van der Waals surface area (Å²) in [6.45, 7) is 5.44. The zero-order valence-electron chi connectivity index (χ0n) is 6.92. The zero-order valence-corrected chi connectivity index (χ0v) is 6.92. The Bertz CT molecular complexity index is 142. The molecule has 1 aliphatic rings. The Morgan fingerprint density at radius 2 is 2.20 bits per heavy atom. The molecule has 1 rings (SSSR count). The van der Waals surface area contributed by atoms with Crippen LogP contribution in [0.4, 0.5) is 0 Å². The molecule has 2 nitrogen and oxygen atoms in total. The lowest BCUT2D eigenvalue weighted by molar-refractivity contribution is -0.111. The average molecular weight is 141 g/mol. The van der Waals surface area contributed by atoms with Crippen molar-refractivity contribution in [2.24, 2.45) is 5.41 Å². The van der Waals surface area contributed by atoms with Gasteiger partial charge in [0, 0.05) is 6.54 Å². The van der Waals surface area contributed by atoms with Crippen LogP contribution < -0.4 is 0 Å². The Labute approximate surface area is 62.2 Å². The maximum absolute atomic E-state index is 10.5. The molecule has 58 valence electrons. The Hall–Kier alpha value is -0.370. The molecule has 0 radical (unpaired) electrons. The Balaban J connectivity index is 2.60. The largest absolute Gasteiger partial charge is 0.302 e. The lowest BCUT2D eigenvalue weighted by Crippen LogP contribution is -2.26. The first-order valence-corrected chi connectivity index (χ1v) is 3.71. The fraction of sp³-hybridized carbons (Fsp3) is 0.875. The van der Waals surface area contributed by atoms with Crippen molar-refractivity contribution in [1.29, 1.82) is 0 Å². The van der Waals surface area contributed by atoms with Crippen molar-refractivity contribution in [3.05, 3.63) is 0 Å². The molecular weight excluding hydrogens is 126 g/mol. The first-order valence-electron chi connectivity index (χ1n) is 3.71. The number of carbonyl (C=O) groups excluding carboxylic acids is 1. The van der Waals surface area contributed by atoms with Crippen LogP contribution in [0, 0.1) is 5.41 Å². The quantitative estimate of drug-likeness (QED) is 0.506. The number of likely N-dealkylation sites (tertiary alicyclic amines) is 1. The van der Waals surface area contributed by atoms with E-state index in [1.807, 2.05) is 7.05 Å². The molecule has 0 amide bonds. The smallest absolute Gasteiger partial charge is 0.137 e. The monoisotopic (exact) mass is 141 g/mol. The van der Waals surface area contributed by atoms with Crippen LogP contribution in [0.2, 0.25) is 0 Å². The van der Waals surface area contributed by atoms with E-state index < -0.39 is 0 Å². The third-order valence-electron chi connectivity index (χ3n) is 2.16. The predicted molar refractivity (Wildman–Crippen MR) is 40.9 cm³/mol. The van der Waals surface area contributed by atoms with Gasteiger partial charge < -0.3 is 4.79 Å². The minimum atomic E-state index is 0.162. The van der Waals surface area contributed by atoms with Crippen LogP contribution in [0.1, 0.15) is 20.3 Å². The van der Waals surface area contributed by atoms with Gasteiger partial charge in [-0.2, -0.15) is 0 Å². The highest BCUT2D eigenvalue weighted by atomic mass is 16.1. The molecule has 0 aliphatic carbocycles.